The molecule has 1 aliphatic heterocycles. The summed E-state index contributed by atoms with van der Waals surface area (Å²) in [7, 11) is 0. The van der Waals surface area contributed by atoms with Crippen LogP contribution in [0.4, 0.5) is 13.2 Å². The van der Waals surface area contributed by atoms with Gasteiger partial charge in [0.2, 0.25) is 5.88 Å². The molecule has 0 unspecified atom stereocenters. The maximum atomic E-state index is 12.7. The zero-order valence-corrected chi connectivity index (χ0v) is 12.8. The summed E-state index contributed by atoms with van der Waals surface area (Å²) in [6, 6.07) is 12.4. The van der Waals surface area contributed by atoms with Gasteiger partial charge in [-0.05, 0) is 48.0 Å². The van der Waals surface area contributed by atoms with Gasteiger partial charge in [-0.15, -0.1) is 0 Å². The number of alkyl halides is 3. The van der Waals surface area contributed by atoms with Crippen LogP contribution < -0.4 is 10.1 Å². The van der Waals surface area contributed by atoms with Crippen molar-refractivity contribution in [3.05, 3.63) is 71.4 Å². The van der Waals surface area contributed by atoms with Gasteiger partial charge in [-0.25, -0.2) is 4.98 Å². The fraction of sp³-hybridized carbons (Fsp3) is 0.111. The molecule has 2 aromatic rings. The lowest BCUT2D eigenvalue weighted by molar-refractivity contribution is -0.141. The minimum Gasteiger partial charge on any atom is -0.439 e. The molecule has 0 aliphatic carbocycles. The number of rotatable bonds is 3. The second-order valence-corrected chi connectivity index (χ2v) is 5.22. The first-order valence-electron chi connectivity index (χ1n) is 7.33. The highest BCUT2D eigenvalue weighted by Gasteiger charge is 2.32. The highest BCUT2D eigenvalue weighted by atomic mass is 19.4. The summed E-state index contributed by atoms with van der Waals surface area (Å²) in [5, 5.41) is 11.9. The van der Waals surface area contributed by atoms with Crippen LogP contribution in [0.25, 0.3) is 5.70 Å². The Kier molecular flexibility index (Phi) is 4.44. The third kappa shape index (κ3) is 3.98. The van der Waals surface area contributed by atoms with E-state index < -0.39 is 11.9 Å². The molecule has 1 N–H and O–H groups in total. The number of aromatic nitrogens is 1. The summed E-state index contributed by atoms with van der Waals surface area (Å²) in [5.41, 5.74) is 1.36. The molecule has 0 radical (unpaired) electrons. The van der Waals surface area contributed by atoms with Crippen LogP contribution >= 0.6 is 0 Å². The summed E-state index contributed by atoms with van der Waals surface area (Å²) in [5.74, 6) is 0.249. The van der Waals surface area contributed by atoms with Crippen molar-refractivity contribution in [1.82, 2.24) is 10.3 Å². The van der Waals surface area contributed by atoms with Gasteiger partial charge in [0.1, 0.15) is 11.4 Å². The first-order chi connectivity index (χ1) is 12.0. The minimum atomic E-state index is -4.52. The Morgan fingerprint density at radius 2 is 1.84 bits per heavy atom. The smallest absolute Gasteiger partial charge is 0.433 e. The number of nitrogens with zero attached hydrogens (tertiary/aromatic N) is 2. The molecule has 2 heterocycles. The van der Waals surface area contributed by atoms with Crippen LogP contribution in [0.2, 0.25) is 0 Å². The summed E-state index contributed by atoms with van der Waals surface area (Å²) < 4.78 is 43.4. The van der Waals surface area contributed by atoms with E-state index >= 15 is 0 Å². The Morgan fingerprint density at radius 1 is 1.08 bits per heavy atom. The quantitative estimate of drug-likeness (QED) is 0.903. The number of nitriles is 1. The molecule has 7 heteroatoms. The Morgan fingerprint density at radius 3 is 2.44 bits per heavy atom. The molecule has 0 bridgehead atoms. The standard InChI is InChI=1S/C18H12F3N3O/c19-18(20,21)16-2-1-3-17(24-16)25-14-7-5-13(6-8-14)15-9-4-12(10-22)11-23-15/h1-9,23H,11H2. The van der Waals surface area contributed by atoms with E-state index in [0.29, 0.717) is 17.9 Å². The van der Waals surface area contributed by atoms with Gasteiger partial charge in [-0.3, -0.25) is 0 Å². The Bertz CT molecular complexity index is 878. The average molecular weight is 343 g/mol. The van der Waals surface area contributed by atoms with Gasteiger partial charge in [-0.1, -0.05) is 6.07 Å². The van der Waals surface area contributed by atoms with Crippen LogP contribution in [-0.2, 0) is 6.18 Å². The van der Waals surface area contributed by atoms with Crippen molar-refractivity contribution in [2.75, 3.05) is 6.54 Å². The zero-order valence-electron chi connectivity index (χ0n) is 12.8. The number of allylic oxidation sites excluding steroid dienone is 2. The Balaban J connectivity index is 1.75. The lowest BCUT2D eigenvalue weighted by Gasteiger charge is -2.14. The van der Waals surface area contributed by atoms with E-state index in [2.05, 4.69) is 16.4 Å². The Labute approximate surface area is 141 Å². The minimum absolute atomic E-state index is 0.126. The SMILES string of the molecule is N#CC1=CC=C(c2ccc(Oc3cccc(C(F)(F)F)n3)cc2)NC1. The van der Waals surface area contributed by atoms with Crippen LogP contribution in [0.15, 0.2) is 60.2 Å². The lowest BCUT2D eigenvalue weighted by Crippen LogP contribution is -2.17. The van der Waals surface area contributed by atoms with E-state index in [4.69, 9.17) is 10.00 Å². The van der Waals surface area contributed by atoms with Crippen molar-refractivity contribution in [3.8, 4) is 17.7 Å². The van der Waals surface area contributed by atoms with Gasteiger partial charge in [0, 0.05) is 17.3 Å². The molecule has 0 amide bonds. The maximum absolute atomic E-state index is 12.7. The average Bonchev–Trinajstić information content (AvgIpc) is 2.62. The molecule has 0 spiro atoms. The molecule has 1 aromatic heterocycles. The van der Waals surface area contributed by atoms with Crippen molar-refractivity contribution in [1.29, 1.82) is 5.26 Å². The first-order valence-corrected chi connectivity index (χ1v) is 7.33. The molecular formula is C18H12F3N3O. The van der Waals surface area contributed by atoms with Crippen LogP contribution in [0, 0.1) is 11.3 Å². The second-order valence-electron chi connectivity index (χ2n) is 5.22. The largest absolute Gasteiger partial charge is 0.439 e. The number of hydrogen-bond acceptors (Lipinski definition) is 4. The molecule has 0 saturated carbocycles. The Hall–Kier alpha value is -3.27. The van der Waals surface area contributed by atoms with Crippen LogP contribution in [0.1, 0.15) is 11.3 Å². The van der Waals surface area contributed by atoms with Crippen molar-refractivity contribution < 1.29 is 17.9 Å². The van der Waals surface area contributed by atoms with Crippen molar-refractivity contribution in [2.24, 2.45) is 0 Å². The van der Waals surface area contributed by atoms with Gasteiger partial charge < -0.3 is 10.1 Å². The van der Waals surface area contributed by atoms with E-state index in [-0.39, 0.29) is 5.88 Å². The highest BCUT2D eigenvalue weighted by molar-refractivity contribution is 5.68. The molecule has 0 saturated heterocycles. The van der Waals surface area contributed by atoms with Crippen molar-refractivity contribution in [2.45, 2.75) is 6.18 Å². The normalized spacial score (nSPS) is 14.0. The number of nitrogens with one attached hydrogen (secondary N) is 1. The third-order valence-corrected chi connectivity index (χ3v) is 3.47. The van der Waals surface area contributed by atoms with Gasteiger partial charge in [0.05, 0.1) is 12.6 Å². The predicted octanol–water partition coefficient (Wildman–Crippen LogP) is 4.29. The van der Waals surface area contributed by atoms with Crippen molar-refractivity contribution in [3.63, 3.8) is 0 Å². The molecule has 1 aromatic carbocycles. The number of benzene rings is 1. The van der Waals surface area contributed by atoms with Gasteiger partial charge >= 0.3 is 6.18 Å². The topological polar surface area (TPSA) is 57.9 Å². The third-order valence-electron chi connectivity index (χ3n) is 3.47. The predicted molar refractivity (Wildman–Crippen MR) is 85.4 cm³/mol. The fourth-order valence-electron chi connectivity index (χ4n) is 2.22. The molecule has 3 rings (SSSR count). The van der Waals surface area contributed by atoms with E-state index in [9.17, 15) is 13.2 Å². The number of ether oxygens (including phenoxy) is 1. The summed E-state index contributed by atoms with van der Waals surface area (Å²) in [4.78, 5) is 3.46. The van der Waals surface area contributed by atoms with E-state index in [0.717, 1.165) is 17.3 Å². The van der Waals surface area contributed by atoms with Gasteiger partial charge in [0.15, 0.2) is 0 Å². The van der Waals surface area contributed by atoms with E-state index in [1.165, 1.54) is 12.1 Å². The van der Waals surface area contributed by atoms with Crippen LogP contribution in [0.3, 0.4) is 0 Å². The number of dihydropyridines is 1. The number of pyridine rings is 1. The second kappa shape index (κ2) is 6.69. The summed E-state index contributed by atoms with van der Waals surface area (Å²) >= 11 is 0. The monoisotopic (exact) mass is 343 g/mol. The molecule has 4 nitrogen and oxygen atoms in total. The van der Waals surface area contributed by atoms with Gasteiger partial charge in [-0.2, -0.15) is 18.4 Å². The fourth-order valence-corrected chi connectivity index (χ4v) is 2.22. The maximum Gasteiger partial charge on any atom is 0.433 e. The first kappa shape index (κ1) is 16.6. The molecule has 1 aliphatic rings. The molecule has 0 atom stereocenters. The van der Waals surface area contributed by atoms with Crippen LogP contribution in [-0.4, -0.2) is 11.5 Å². The summed E-state index contributed by atoms with van der Waals surface area (Å²) in [6.45, 7) is 0.453. The van der Waals surface area contributed by atoms with Crippen LogP contribution in [0.5, 0.6) is 11.6 Å². The molecule has 25 heavy (non-hydrogen) atoms. The number of halogens is 3. The molecule has 0 fully saturated rings. The van der Waals surface area contributed by atoms with Crippen molar-refractivity contribution >= 4 is 5.70 Å². The molecule has 126 valence electrons. The number of hydrogen-bond donors (Lipinski definition) is 1. The van der Waals surface area contributed by atoms with Gasteiger partial charge in [0.25, 0.3) is 0 Å². The van der Waals surface area contributed by atoms with E-state index in [1.807, 2.05) is 0 Å². The highest BCUT2D eigenvalue weighted by Crippen LogP contribution is 2.30. The zero-order chi connectivity index (χ0) is 17.9. The van der Waals surface area contributed by atoms with E-state index in [1.54, 1.807) is 36.4 Å². The lowest BCUT2D eigenvalue weighted by atomic mass is 10.1. The molecular weight excluding hydrogens is 331 g/mol. The summed E-state index contributed by atoms with van der Waals surface area (Å²) in [6.07, 6.45) is -0.979.